The summed E-state index contributed by atoms with van der Waals surface area (Å²) in [5.74, 6) is 1.51. The van der Waals surface area contributed by atoms with Gasteiger partial charge < -0.3 is 15.5 Å². The van der Waals surface area contributed by atoms with Crippen LogP contribution < -0.4 is 10.6 Å². The second-order valence-electron chi connectivity index (χ2n) is 7.60. The highest BCUT2D eigenvalue weighted by molar-refractivity contribution is 7.09. The molecule has 7 heteroatoms. The van der Waals surface area contributed by atoms with Crippen molar-refractivity contribution in [3.05, 3.63) is 51.5 Å². The van der Waals surface area contributed by atoms with Gasteiger partial charge in [-0.1, -0.05) is 38.1 Å². The highest BCUT2D eigenvalue weighted by Crippen LogP contribution is 2.17. The van der Waals surface area contributed by atoms with Crippen molar-refractivity contribution < 1.29 is 4.79 Å². The lowest BCUT2D eigenvalue weighted by molar-refractivity contribution is -0.128. The molecule has 1 aliphatic heterocycles. The van der Waals surface area contributed by atoms with E-state index in [1.165, 1.54) is 5.56 Å². The third kappa shape index (κ3) is 6.29. The van der Waals surface area contributed by atoms with E-state index in [9.17, 15) is 4.79 Å². The summed E-state index contributed by atoms with van der Waals surface area (Å²) < 4.78 is 0. The largest absolute Gasteiger partial charge is 0.357 e. The van der Waals surface area contributed by atoms with Gasteiger partial charge in [0.25, 0.3) is 0 Å². The molecule has 0 saturated carbocycles. The van der Waals surface area contributed by atoms with Crippen molar-refractivity contribution in [2.75, 3.05) is 13.1 Å². The van der Waals surface area contributed by atoms with Gasteiger partial charge in [0.2, 0.25) is 5.91 Å². The average molecular weight is 414 g/mol. The third-order valence-electron chi connectivity index (χ3n) is 4.90. The molecule has 29 heavy (non-hydrogen) atoms. The van der Waals surface area contributed by atoms with Gasteiger partial charge in [-0.25, -0.2) is 9.98 Å². The van der Waals surface area contributed by atoms with Crippen molar-refractivity contribution >= 4 is 23.2 Å². The van der Waals surface area contributed by atoms with E-state index in [4.69, 9.17) is 4.99 Å². The summed E-state index contributed by atoms with van der Waals surface area (Å²) >= 11 is 1.68. The molecule has 156 valence electrons. The van der Waals surface area contributed by atoms with Crippen molar-refractivity contribution in [1.82, 2.24) is 20.5 Å². The normalized spacial score (nSPS) is 14.7. The van der Waals surface area contributed by atoms with Crippen LogP contribution >= 0.6 is 11.3 Å². The van der Waals surface area contributed by atoms with E-state index in [0.29, 0.717) is 32.0 Å². The molecule has 0 bridgehead atoms. The average Bonchev–Trinajstić information content (AvgIpc) is 3.35. The number of aliphatic imine (C=N–C) groups is 1. The molecule has 1 aromatic heterocycles. The zero-order valence-corrected chi connectivity index (χ0v) is 18.4. The Balaban J connectivity index is 1.54. The van der Waals surface area contributed by atoms with Gasteiger partial charge in [-0.15, -0.1) is 11.3 Å². The molecule has 1 amide bonds. The highest BCUT2D eigenvalue weighted by Gasteiger charge is 2.19. The maximum absolute atomic E-state index is 11.8. The molecule has 0 unspecified atom stereocenters. The van der Waals surface area contributed by atoms with E-state index < -0.39 is 0 Å². The fraction of sp³-hybridized carbons (Fsp3) is 0.500. The Kier molecular flexibility index (Phi) is 7.63. The summed E-state index contributed by atoms with van der Waals surface area (Å²) in [7, 11) is 0. The number of rotatable bonds is 8. The smallest absolute Gasteiger partial charge is 0.222 e. The summed E-state index contributed by atoms with van der Waals surface area (Å²) in [6.07, 6.45) is 1.67. The van der Waals surface area contributed by atoms with Crippen molar-refractivity contribution in [2.45, 2.75) is 59.2 Å². The molecule has 1 fully saturated rings. The number of carbonyl (C=O) groups excluding carboxylic acids is 1. The Labute approximate surface area is 177 Å². The van der Waals surface area contributed by atoms with Gasteiger partial charge in [-0.05, 0) is 30.4 Å². The molecule has 1 saturated heterocycles. The minimum atomic E-state index is 0.265. The Morgan fingerprint density at radius 3 is 2.62 bits per heavy atom. The number of benzene rings is 1. The Morgan fingerprint density at radius 2 is 2.00 bits per heavy atom. The summed E-state index contributed by atoms with van der Waals surface area (Å²) in [5.41, 5.74) is 3.46. The minimum Gasteiger partial charge on any atom is -0.357 e. The minimum absolute atomic E-state index is 0.265. The lowest BCUT2D eigenvalue weighted by atomic mass is 10.1. The second-order valence-corrected chi connectivity index (χ2v) is 8.55. The highest BCUT2D eigenvalue weighted by atomic mass is 32.1. The lowest BCUT2D eigenvalue weighted by Gasteiger charge is -2.15. The van der Waals surface area contributed by atoms with Gasteiger partial charge in [0.15, 0.2) is 5.96 Å². The number of thiazole rings is 1. The van der Waals surface area contributed by atoms with Crippen molar-refractivity contribution in [2.24, 2.45) is 4.99 Å². The van der Waals surface area contributed by atoms with E-state index in [1.807, 2.05) is 4.90 Å². The number of nitrogens with zero attached hydrogens (tertiary/aromatic N) is 3. The SMILES string of the molecule is CCNC(=NCc1ccc(CN2CCCC2=O)cc1)NCc1nc(C(C)C)cs1. The van der Waals surface area contributed by atoms with Crippen LogP contribution in [0, 0.1) is 0 Å². The predicted octanol–water partition coefficient (Wildman–Crippen LogP) is 3.64. The first kappa shape index (κ1) is 21.3. The van der Waals surface area contributed by atoms with Gasteiger partial charge in [-0.3, -0.25) is 4.79 Å². The molecule has 2 aromatic rings. The molecule has 6 nitrogen and oxygen atoms in total. The van der Waals surface area contributed by atoms with Crippen LogP contribution in [0.4, 0.5) is 0 Å². The number of likely N-dealkylation sites (tertiary alicyclic amines) is 1. The number of amides is 1. The zero-order valence-electron chi connectivity index (χ0n) is 17.6. The Morgan fingerprint density at radius 1 is 1.24 bits per heavy atom. The molecule has 0 spiro atoms. The van der Waals surface area contributed by atoms with Gasteiger partial charge >= 0.3 is 0 Å². The molecule has 1 aromatic carbocycles. The van der Waals surface area contributed by atoms with Gasteiger partial charge in [0.05, 0.1) is 18.8 Å². The van der Waals surface area contributed by atoms with Crippen LogP contribution in [0.1, 0.15) is 61.4 Å². The molecule has 0 aliphatic carbocycles. The number of aromatic nitrogens is 1. The van der Waals surface area contributed by atoms with E-state index in [0.717, 1.165) is 41.7 Å². The van der Waals surface area contributed by atoms with E-state index in [-0.39, 0.29) is 5.91 Å². The fourth-order valence-electron chi connectivity index (χ4n) is 3.18. The number of nitrogens with one attached hydrogen (secondary N) is 2. The topological polar surface area (TPSA) is 69.6 Å². The number of hydrogen-bond acceptors (Lipinski definition) is 4. The Hall–Kier alpha value is -2.41. The molecule has 0 radical (unpaired) electrons. The maximum atomic E-state index is 11.8. The summed E-state index contributed by atoms with van der Waals surface area (Å²) in [4.78, 5) is 23.1. The van der Waals surface area contributed by atoms with Crippen LogP contribution in [0.2, 0.25) is 0 Å². The molecule has 1 aliphatic rings. The summed E-state index contributed by atoms with van der Waals surface area (Å²) in [6, 6.07) is 8.39. The van der Waals surface area contributed by atoms with Gasteiger partial charge in [-0.2, -0.15) is 0 Å². The van der Waals surface area contributed by atoms with E-state index in [1.54, 1.807) is 11.3 Å². The lowest BCUT2D eigenvalue weighted by Crippen LogP contribution is -2.36. The molecule has 2 N–H and O–H groups in total. The first-order chi connectivity index (χ1) is 14.0. The van der Waals surface area contributed by atoms with Crippen molar-refractivity contribution in [1.29, 1.82) is 0 Å². The molecule has 0 atom stereocenters. The van der Waals surface area contributed by atoms with Crippen LogP contribution in [0.3, 0.4) is 0 Å². The summed E-state index contributed by atoms with van der Waals surface area (Å²) in [6.45, 7) is 10.0. The number of hydrogen-bond donors (Lipinski definition) is 2. The van der Waals surface area contributed by atoms with Crippen LogP contribution in [0.15, 0.2) is 34.6 Å². The predicted molar refractivity (Wildman–Crippen MR) is 119 cm³/mol. The number of carbonyl (C=O) groups is 1. The maximum Gasteiger partial charge on any atom is 0.222 e. The fourth-order valence-corrected chi connectivity index (χ4v) is 4.08. The van der Waals surface area contributed by atoms with Crippen LogP contribution in [-0.2, 0) is 24.4 Å². The first-order valence-corrected chi connectivity index (χ1v) is 11.2. The van der Waals surface area contributed by atoms with E-state index in [2.05, 4.69) is 66.0 Å². The van der Waals surface area contributed by atoms with Crippen molar-refractivity contribution in [3.63, 3.8) is 0 Å². The molecular formula is C22H31N5OS. The Bertz CT molecular complexity index is 828. The van der Waals surface area contributed by atoms with Gasteiger partial charge in [0.1, 0.15) is 5.01 Å². The molecular weight excluding hydrogens is 382 g/mol. The van der Waals surface area contributed by atoms with Crippen LogP contribution in [0.25, 0.3) is 0 Å². The standard InChI is InChI=1S/C22H31N5OS/c1-4-23-22(25-13-20-26-19(15-29-20)16(2)3)24-12-17-7-9-18(10-8-17)14-27-11-5-6-21(27)28/h7-10,15-16H,4-6,11-14H2,1-3H3,(H2,23,24,25). The summed E-state index contributed by atoms with van der Waals surface area (Å²) in [5, 5.41) is 9.85. The second kappa shape index (κ2) is 10.4. The number of guanidine groups is 1. The first-order valence-electron chi connectivity index (χ1n) is 10.4. The molecule has 2 heterocycles. The van der Waals surface area contributed by atoms with E-state index >= 15 is 0 Å². The van der Waals surface area contributed by atoms with Crippen LogP contribution in [-0.4, -0.2) is 34.8 Å². The van der Waals surface area contributed by atoms with Crippen molar-refractivity contribution in [3.8, 4) is 0 Å². The third-order valence-corrected chi connectivity index (χ3v) is 5.77. The van der Waals surface area contributed by atoms with Crippen LogP contribution in [0.5, 0.6) is 0 Å². The zero-order chi connectivity index (χ0) is 20.6. The molecule has 3 rings (SSSR count). The monoisotopic (exact) mass is 413 g/mol. The quantitative estimate of drug-likeness (QED) is 0.512. The van der Waals surface area contributed by atoms with Gasteiger partial charge in [0, 0.05) is 31.4 Å².